The predicted molar refractivity (Wildman–Crippen MR) is 143 cm³/mol. The molecule has 36 heavy (non-hydrogen) atoms. The molecule has 0 aliphatic rings. The number of hydrogen-bond donors (Lipinski definition) is 0. The predicted octanol–water partition coefficient (Wildman–Crippen LogP) is 6.35. The maximum atomic E-state index is 13.2. The van der Waals surface area contributed by atoms with Crippen molar-refractivity contribution in [2.75, 3.05) is 0 Å². The number of carbonyl (C=O) groups excluding carboxylic acids is 2. The van der Waals surface area contributed by atoms with Crippen molar-refractivity contribution in [3.8, 4) is 0 Å². The molecule has 0 aromatic heterocycles. The number of benzene rings is 4. The maximum Gasteiger partial charge on any atom is 0.193 e. The average Bonchev–Trinajstić information content (AvgIpc) is 2.90. The van der Waals surface area contributed by atoms with Crippen LogP contribution in [0.1, 0.15) is 34.0 Å². The second-order valence-electron chi connectivity index (χ2n) is 8.89. The maximum absolute atomic E-state index is 13.2. The molecule has 0 unspecified atom stereocenters. The highest BCUT2D eigenvalue weighted by molar-refractivity contribution is 7.99. The van der Waals surface area contributed by atoms with E-state index in [1.165, 1.54) is 6.92 Å². The van der Waals surface area contributed by atoms with Crippen LogP contribution in [0.3, 0.4) is 0 Å². The molecule has 0 saturated heterocycles. The van der Waals surface area contributed by atoms with Crippen molar-refractivity contribution in [1.29, 1.82) is 0 Å². The Morgan fingerprint density at radius 1 is 0.778 bits per heavy atom. The molecule has 0 N–H and O–H groups in total. The Balaban J connectivity index is 1.45. The lowest BCUT2D eigenvalue weighted by Gasteiger charge is -2.23. The summed E-state index contributed by atoms with van der Waals surface area (Å²) >= 11 is 1.54. The normalized spacial score (nSPS) is 13.1. The summed E-state index contributed by atoms with van der Waals surface area (Å²) in [5.74, 6) is -0.0182. The van der Waals surface area contributed by atoms with Gasteiger partial charge in [0.25, 0.3) is 0 Å². The van der Waals surface area contributed by atoms with Gasteiger partial charge in [-0.15, -0.1) is 0 Å². The third kappa shape index (κ3) is 5.50. The van der Waals surface area contributed by atoms with Gasteiger partial charge in [0.1, 0.15) is 11.0 Å². The van der Waals surface area contributed by atoms with Crippen LogP contribution < -0.4 is 0 Å². The summed E-state index contributed by atoms with van der Waals surface area (Å²) < 4.78 is 24.9. The van der Waals surface area contributed by atoms with E-state index in [1.807, 2.05) is 73.7 Å². The molecule has 0 saturated carbocycles. The molecule has 4 aromatic carbocycles. The van der Waals surface area contributed by atoms with E-state index in [-0.39, 0.29) is 17.1 Å². The van der Waals surface area contributed by atoms with Gasteiger partial charge in [-0.1, -0.05) is 71.9 Å². The first-order valence-electron chi connectivity index (χ1n) is 11.5. The van der Waals surface area contributed by atoms with Crippen LogP contribution in [0.25, 0.3) is 0 Å². The van der Waals surface area contributed by atoms with E-state index in [0.29, 0.717) is 17.4 Å². The van der Waals surface area contributed by atoms with Crippen LogP contribution in [-0.2, 0) is 21.1 Å². The van der Waals surface area contributed by atoms with Crippen LogP contribution in [0.4, 0.5) is 0 Å². The summed E-state index contributed by atoms with van der Waals surface area (Å²) in [6, 6.07) is 30.7. The first kappa shape index (κ1) is 25.6. The van der Waals surface area contributed by atoms with Gasteiger partial charge in [0.05, 0.1) is 4.90 Å². The van der Waals surface area contributed by atoms with E-state index in [9.17, 15) is 18.0 Å². The van der Waals surface area contributed by atoms with Gasteiger partial charge in [-0.05, 0) is 74.4 Å². The number of aryl methyl sites for hydroxylation is 1. The molecular weight excluding hydrogens is 488 g/mol. The molecule has 0 aliphatic heterocycles. The zero-order chi connectivity index (χ0) is 25.8. The van der Waals surface area contributed by atoms with E-state index in [4.69, 9.17) is 0 Å². The Morgan fingerprint density at radius 3 is 1.86 bits per heavy atom. The first-order valence-corrected chi connectivity index (χ1v) is 13.8. The fourth-order valence-electron chi connectivity index (χ4n) is 3.83. The number of hydrogen-bond acceptors (Lipinski definition) is 5. The molecule has 1 atom stereocenters. The van der Waals surface area contributed by atoms with Gasteiger partial charge in [-0.25, -0.2) is 8.42 Å². The molecule has 0 radical (unpaired) electrons. The zero-order valence-corrected chi connectivity index (χ0v) is 21.7. The van der Waals surface area contributed by atoms with Crippen LogP contribution in [0.5, 0.6) is 0 Å². The van der Waals surface area contributed by atoms with E-state index in [1.54, 1.807) is 48.2 Å². The summed E-state index contributed by atoms with van der Waals surface area (Å²) in [7, 11) is -3.86. The lowest BCUT2D eigenvalue weighted by molar-refractivity contribution is -0.109. The molecule has 4 nitrogen and oxygen atoms in total. The largest absolute Gasteiger partial charge is 0.302 e. The number of sulfone groups is 1. The number of aldehydes is 1. The van der Waals surface area contributed by atoms with Crippen molar-refractivity contribution >= 4 is 33.7 Å². The molecule has 0 fully saturated rings. The minimum absolute atomic E-state index is 0.0182. The third-order valence-electron chi connectivity index (χ3n) is 6.06. The lowest BCUT2D eigenvalue weighted by Crippen LogP contribution is -2.39. The highest BCUT2D eigenvalue weighted by Crippen LogP contribution is 2.31. The molecule has 4 rings (SSSR count). The molecule has 0 amide bonds. The minimum atomic E-state index is -3.86. The van der Waals surface area contributed by atoms with Gasteiger partial charge in [-0.3, -0.25) is 4.79 Å². The van der Waals surface area contributed by atoms with Gasteiger partial charge in [0.2, 0.25) is 0 Å². The highest BCUT2D eigenvalue weighted by Gasteiger charge is 2.40. The molecule has 0 spiro atoms. The van der Waals surface area contributed by atoms with Crippen molar-refractivity contribution in [3.63, 3.8) is 0 Å². The first-order chi connectivity index (χ1) is 17.2. The molecule has 0 aliphatic carbocycles. The zero-order valence-electron chi connectivity index (χ0n) is 20.0. The molecule has 4 aromatic rings. The van der Waals surface area contributed by atoms with E-state index in [2.05, 4.69) is 0 Å². The van der Waals surface area contributed by atoms with Crippen LogP contribution in [0.15, 0.2) is 118 Å². The van der Waals surface area contributed by atoms with Gasteiger partial charge in [0.15, 0.2) is 15.6 Å². The molecule has 6 heteroatoms. The lowest BCUT2D eigenvalue weighted by atomic mass is 10.0. The van der Waals surface area contributed by atoms with Crippen molar-refractivity contribution in [1.82, 2.24) is 0 Å². The highest BCUT2D eigenvalue weighted by atomic mass is 32.2. The number of rotatable bonds is 9. The van der Waals surface area contributed by atoms with Crippen molar-refractivity contribution in [2.24, 2.45) is 0 Å². The Labute approximate surface area is 216 Å². The molecule has 0 heterocycles. The van der Waals surface area contributed by atoms with Crippen molar-refractivity contribution in [3.05, 3.63) is 125 Å². The SMILES string of the molecule is Cc1ccc(S(=O)(=O)[C@](C)(C=O)Cc2ccc(Sc3ccc(C(=O)c4ccccc4)cc3)cc2)cc1. The second-order valence-corrected chi connectivity index (χ2v) is 12.4. The summed E-state index contributed by atoms with van der Waals surface area (Å²) in [6.45, 7) is 3.35. The number of carbonyl (C=O) groups is 2. The van der Waals surface area contributed by atoms with Gasteiger partial charge in [0, 0.05) is 20.9 Å². The van der Waals surface area contributed by atoms with E-state index < -0.39 is 14.6 Å². The Kier molecular flexibility index (Phi) is 7.57. The Bertz CT molecular complexity index is 1460. The van der Waals surface area contributed by atoms with Crippen LogP contribution in [0, 0.1) is 6.92 Å². The van der Waals surface area contributed by atoms with E-state index >= 15 is 0 Å². The fraction of sp³-hybridized carbons (Fsp3) is 0.133. The molecule has 182 valence electrons. The molecular formula is C30H26O4S2. The van der Waals surface area contributed by atoms with Gasteiger partial charge < -0.3 is 4.79 Å². The summed E-state index contributed by atoms with van der Waals surface area (Å²) in [5.41, 5.74) is 2.99. The van der Waals surface area contributed by atoms with Gasteiger partial charge >= 0.3 is 0 Å². The third-order valence-corrected chi connectivity index (χ3v) is 9.44. The van der Waals surface area contributed by atoms with Crippen molar-refractivity contribution < 1.29 is 18.0 Å². The summed E-state index contributed by atoms with van der Waals surface area (Å²) in [5, 5.41) is 0. The second kappa shape index (κ2) is 10.6. The quantitative estimate of drug-likeness (QED) is 0.192. The summed E-state index contributed by atoms with van der Waals surface area (Å²) in [4.78, 5) is 26.7. The van der Waals surface area contributed by atoms with Crippen molar-refractivity contribution in [2.45, 2.75) is 39.7 Å². The average molecular weight is 515 g/mol. The van der Waals surface area contributed by atoms with Crippen LogP contribution in [-0.4, -0.2) is 25.2 Å². The smallest absolute Gasteiger partial charge is 0.193 e. The van der Waals surface area contributed by atoms with Crippen LogP contribution >= 0.6 is 11.8 Å². The summed E-state index contributed by atoms with van der Waals surface area (Å²) in [6.07, 6.45) is 0.608. The minimum Gasteiger partial charge on any atom is -0.302 e. The van der Waals surface area contributed by atoms with E-state index in [0.717, 1.165) is 20.9 Å². The Hall–Kier alpha value is -3.48. The molecule has 0 bridgehead atoms. The fourth-order valence-corrected chi connectivity index (χ4v) is 6.17. The topological polar surface area (TPSA) is 68.3 Å². The standard InChI is InChI=1S/C30H26O4S2/c1-22-8-18-28(19-9-22)36(33,34)30(2,21-31)20-23-10-14-26(15-11-23)35-27-16-12-25(13-17-27)29(32)24-6-4-3-5-7-24/h3-19,21H,20H2,1-2H3/t30-/m0/s1. The van der Waals surface area contributed by atoms with Crippen LogP contribution in [0.2, 0.25) is 0 Å². The monoisotopic (exact) mass is 514 g/mol. The Morgan fingerprint density at radius 2 is 1.31 bits per heavy atom. The number of ketones is 1. The van der Waals surface area contributed by atoms with Gasteiger partial charge in [-0.2, -0.15) is 0 Å².